The summed E-state index contributed by atoms with van der Waals surface area (Å²) in [6.07, 6.45) is 3.66. The fourth-order valence-electron chi connectivity index (χ4n) is 2.06. The maximum atomic E-state index is 4.56. The van der Waals surface area contributed by atoms with Gasteiger partial charge >= 0.3 is 0 Å². The summed E-state index contributed by atoms with van der Waals surface area (Å²) in [5.41, 5.74) is 6.25. The summed E-state index contributed by atoms with van der Waals surface area (Å²) in [5.74, 6) is 3.25. The summed E-state index contributed by atoms with van der Waals surface area (Å²) in [6.45, 7) is 6.73. The molecule has 0 bridgehead atoms. The zero-order valence-electron chi connectivity index (χ0n) is 11.9. The zero-order valence-corrected chi connectivity index (χ0v) is 12.9. The van der Waals surface area contributed by atoms with Crippen molar-refractivity contribution in [3.63, 3.8) is 0 Å². The molecule has 0 unspecified atom stereocenters. The van der Waals surface area contributed by atoms with Crippen molar-refractivity contribution < 1.29 is 0 Å². The van der Waals surface area contributed by atoms with Gasteiger partial charge in [0.15, 0.2) is 0 Å². The number of hydrogen-bond donors (Lipinski definition) is 0. The van der Waals surface area contributed by atoms with Gasteiger partial charge in [-0.25, -0.2) is 0 Å². The Morgan fingerprint density at radius 3 is 2.50 bits per heavy atom. The molecule has 0 aliphatic carbocycles. The minimum absolute atomic E-state index is 0.946. The fourth-order valence-corrected chi connectivity index (χ4v) is 2.58. The van der Waals surface area contributed by atoms with E-state index in [0.29, 0.717) is 0 Å². The van der Waals surface area contributed by atoms with Crippen LogP contribution in [0, 0.1) is 11.5 Å². The molecule has 0 fully saturated rings. The highest BCUT2D eigenvalue weighted by Crippen LogP contribution is 2.22. The molecule has 0 radical (unpaired) electrons. The van der Waals surface area contributed by atoms with Crippen molar-refractivity contribution in [2.45, 2.75) is 19.6 Å². The van der Waals surface area contributed by atoms with E-state index in [1.807, 2.05) is 18.5 Å². The number of aromatic nitrogens is 2. The van der Waals surface area contributed by atoms with Crippen molar-refractivity contribution in [3.05, 3.63) is 48.3 Å². The van der Waals surface area contributed by atoms with Crippen molar-refractivity contribution in [2.24, 2.45) is 0 Å². The molecule has 0 spiro atoms. The Bertz CT molecular complexity index is 851. The van der Waals surface area contributed by atoms with Gasteiger partial charge in [-0.2, -0.15) is 0 Å². The van der Waals surface area contributed by atoms with Crippen LogP contribution in [0.3, 0.4) is 0 Å². The summed E-state index contributed by atoms with van der Waals surface area (Å²) < 4.78 is 0. The van der Waals surface area contributed by atoms with E-state index in [0.717, 1.165) is 27.4 Å². The van der Waals surface area contributed by atoms with Gasteiger partial charge in [-0.3, -0.25) is 9.97 Å². The molecule has 0 saturated heterocycles. The van der Waals surface area contributed by atoms with Crippen LogP contribution in [0.2, 0.25) is 19.6 Å². The number of pyridine rings is 2. The van der Waals surface area contributed by atoms with Gasteiger partial charge in [-0.15, -0.1) is 5.54 Å². The minimum atomic E-state index is -1.35. The molecule has 0 atom stereocenters. The lowest BCUT2D eigenvalue weighted by atomic mass is 10.1. The second kappa shape index (κ2) is 4.73. The van der Waals surface area contributed by atoms with E-state index >= 15 is 0 Å². The van der Waals surface area contributed by atoms with Crippen LogP contribution in [0.5, 0.6) is 0 Å². The molecule has 3 rings (SSSR count). The van der Waals surface area contributed by atoms with Crippen molar-refractivity contribution in [2.75, 3.05) is 0 Å². The average molecular weight is 276 g/mol. The summed E-state index contributed by atoms with van der Waals surface area (Å²) in [4.78, 5) is 8.99. The molecule has 0 amide bonds. The predicted molar refractivity (Wildman–Crippen MR) is 87.3 cm³/mol. The third-order valence-corrected chi connectivity index (χ3v) is 3.88. The number of hydrogen-bond acceptors (Lipinski definition) is 2. The molecule has 0 N–H and O–H groups in total. The molecule has 0 aliphatic rings. The van der Waals surface area contributed by atoms with Crippen LogP contribution in [0.4, 0.5) is 0 Å². The minimum Gasteiger partial charge on any atom is -0.254 e. The Morgan fingerprint density at radius 2 is 1.70 bits per heavy atom. The highest BCUT2D eigenvalue weighted by molar-refractivity contribution is 6.83. The van der Waals surface area contributed by atoms with Crippen molar-refractivity contribution in [3.8, 4) is 11.5 Å². The quantitative estimate of drug-likeness (QED) is 0.352. The lowest BCUT2D eigenvalue weighted by Crippen LogP contribution is -2.16. The predicted octanol–water partition coefficient (Wildman–Crippen LogP) is 4.01. The summed E-state index contributed by atoms with van der Waals surface area (Å²) in [7, 11) is -1.35. The van der Waals surface area contributed by atoms with E-state index in [9.17, 15) is 0 Å². The van der Waals surface area contributed by atoms with E-state index in [1.165, 1.54) is 0 Å². The van der Waals surface area contributed by atoms with E-state index < -0.39 is 8.07 Å². The summed E-state index contributed by atoms with van der Waals surface area (Å²) in [5, 5.41) is 2.21. The molecular weight excluding hydrogens is 260 g/mol. The van der Waals surface area contributed by atoms with Crippen LogP contribution in [-0.4, -0.2) is 18.0 Å². The maximum absolute atomic E-state index is 4.56. The van der Waals surface area contributed by atoms with Gasteiger partial charge in [0.2, 0.25) is 0 Å². The summed E-state index contributed by atoms with van der Waals surface area (Å²) in [6, 6.07) is 10.3. The molecule has 2 aromatic heterocycles. The third-order valence-electron chi connectivity index (χ3n) is 3.00. The number of fused-ring (bicyclic) bond motifs is 3. The topological polar surface area (TPSA) is 25.8 Å². The van der Waals surface area contributed by atoms with E-state index in [1.54, 1.807) is 0 Å². The Kier molecular flexibility index (Phi) is 3.04. The zero-order chi connectivity index (χ0) is 14.2. The second-order valence-corrected chi connectivity index (χ2v) is 10.7. The van der Waals surface area contributed by atoms with Crippen LogP contribution >= 0.6 is 0 Å². The largest absolute Gasteiger partial charge is 0.254 e. The molecule has 0 aliphatic heterocycles. The van der Waals surface area contributed by atoms with Gasteiger partial charge < -0.3 is 0 Å². The van der Waals surface area contributed by atoms with E-state index in [4.69, 9.17) is 0 Å². The first-order valence-electron chi connectivity index (χ1n) is 6.70. The van der Waals surface area contributed by atoms with Gasteiger partial charge in [0.05, 0.1) is 11.0 Å². The molecule has 2 nitrogen and oxygen atoms in total. The van der Waals surface area contributed by atoms with Crippen molar-refractivity contribution >= 4 is 29.9 Å². The molecule has 3 aromatic rings. The Hall–Kier alpha value is -2.18. The van der Waals surface area contributed by atoms with Crippen LogP contribution in [0.1, 0.15) is 5.56 Å². The average Bonchev–Trinajstić information content (AvgIpc) is 2.44. The van der Waals surface area contributed by atoms with Gasteiger partial charge in [0.1, 0.15) is 8.07 Å². The Labute approximate surface area is 119 Å². The van der Waals surface area contributed by atoms with Crippen LogP contribution < -0.4 is 0 Å². The monoisotopic (exact) mass is 276 g/mol. The Morgan fingerprint density at radius 1 is 0.950 bits per heavy atom. The smallest absolute Gasteiger partial charge is 0.129 e. The van der Waals surface area contributed by atoms with Gasteiger partial charge in [0, 0.05) is 28.7 Å². The summed E-state index contributed by atoms with van der Waals surface area (Å²) >= 11 is 0. The first-order chi connectivity index (χ1) is 9.53. The maximum Gasteiger partial charge on any atom is 0.129 e. The first kappa shape index (κ1) is 12.8. The normalized spacial score (nSPS) is 11.3. The molecular formula is C17H16N2Si. The molecule has 3 heteroatoms. The van der Waals surface area contributed by atoms with E-state index in [2.05, 4.69) is 65.3 Å². The van der Waals surface area contributed by atoms with Crippen molar-refractivity contribution in [1.82, 2.24) is 9.97 Å². The lowest BCUT2D eigenvalue weighted by molar-refractivity contribution is 1.36. The fraction of sp³-hybridized carbons (Fsp3) is 0.176. The Balaban J connectivity index is 2.17. The standard InChI is InChI=1S/C17H16N2Si/c1-20(2,3)10-8-13-11-15-7-6-14-5-4-9-18-16(14)17(15)19-12-13/h4-7,9,11-12H,1-3H3. The van der Waals surface area contributed by atoms with Gasteiger partial charge in [0.25, 0.3) is 0 Å². The third kappa shape index (κ3) is 2.56. The lowest BCUT2D eigenvalue weighted by Gasteiger charge is -2.04. The van der Waals surface area contributed by atoms with Crippen LogP contribution in [0.15, 0.2) is 42.7 Å². The number of benzene rings is 1. The molecule has 1 aromatic carbocycles. The molecule has 98 valence electrons. The van der Waals surface area contributed by atoms with E-state index in [-0.39, 0.29) is 0 Å². The molecule has 0 saturated carbocycles. The SMILES string of the molecule is C[Si](C)(C)C#Cc1cnc2c(ccc3cccnc32)c1. The highest BCUT2D eigenvalue weighted by Gasteiger charge is 2.08. The molecule has 2 heterocycles. The van der Waals surface area contributed by atoms with Gasteiger partial charge in [-0.1, -0.05) is 43.8 Å². The second-order valence-electron chi connectivity index (χ2n) is 5.94. The highest BCUT2D eigenvalue weighted by atomic mass is 28.3. The number of rotatable bonds is 0. The molecule has 20 heavy (non-hydrogen) atoms. The number of nitrogens with zero attached hydrogens (tertiary/aromatic N) is 2. The van der Waals surface area contributed by atoms with Crippen molar-refractivity contribution in [1.29, 1.82) is 0 Å². The first-order valence-corrected chi connectivity index (χ1v) is 10.2. The van der Waals surface area contributed by atoms with Crippen LogP contribution in [-0.2, 0) is 0 Å². The van der Waals surface area contributed by atoms with Gasteiger partial charge in [-0.05, 0) is 12.1 Å². The van der Waals surface area contributed by atoms with Crippen LogP contribution in [0.25, 0.3) is 21.8 Å².